The Kier molecular flexibility index (Phi) is 5.51. The maximum absolute atomic E-state index is 12.8. The van der Waals surface area contributed by atoms with Gasteiger partial charge in [0.05, 0.1) is 10.8 Å². The normalized spacial score (nSPS) is 18.7. The van der Waals surface area contributed by atoms with Crippen molar-refractivity contribution in [3.8, 4) is 0 Å². The summed E-state index contributed by atoms with van der Waals surface area (Å²) in [5.74, 6) is -0.533. The minimum atomic E-state index is -3.60. The maximum atomic E-state index is 12.8. The fourth-order valence-corrected chi connectivity index (χ4v) is 4.60. The average Bonchev–Trinajstić information content (AvgIpc) is 2.63. The van der Waals surface area contributed by atoms with E-state index in [9.17, 15) is 13.2 Å². The number of amides is 1. The van der Waals surface area contributed by atoms with Gasteiger partial charge in [-0.1, -0.05) is 15.9 Å². The Morgan fingerprint density at radius 2 is 1.84 bits per heavy atom. The molecule has 2 aromatic rings. The van der Waals surface area contributed by atoms with Crippen LogP contribution in [0.2, 0.25) is 0 Å². The van der Waals surface area contributed by atoms with Crippen LogP contribution in [0.3, 0.4) is 0 Å². The summed E-state index contributed by atoms with van der Waals surface area (Å²) in [6, 6.07) is 9.95. The summed E-state index contributed by atoms with van der Waals surface area (Å²) < 4.78 is 27.8. The van der Waals surface area contributed by atoms with Gasteiger partial charge in [0.15, 0.2) is 0 Å². The monoisotopic (exact) mass is 423 g/mol. The Morgan fingerprint density at radius 3 is 2.52 bits per heavy atom. The molecule has 0 spiro atoms. The Balaban J connectivity index is 1.72. The molecule has 0 aliphatic carbocycles. The summed E-state index contributed by atoms with van der Waals surface area (Å²) >= 11 is 3.30. The third-order valence-corrected chi connectivity index (χ3v) is 6.56. The van der Waals surface area contributed by atoms with Crippen molar-refractivity contribution in [1.82, 2.24) is 9.29 Å². The van der Waals surface area contributed by atoms with Crippen LogP contribution in [0.15, 0.2) is 58.2 Å². The van der Waals surface area contributed by atoms with Gasteiger partial charge < -0.3 is 5.32 Å². The molecule has 132 valence electrons. The van der Waals surface area contributed by atoms with E-state index in [-0.39, 0.29) is 23.3 Å². The van der Waals surface area contributed by atoms with Crippen molar-refractivity contribution >= 4 is 37.5 Å². The second-order valence-electron chi connectivity index (χ2n) is 5.88. The first-order valence-corrected chi connectivity index (χ1v) is 10.2. The van der Waals surface area contributed by atoms with Crippen LogP contribution in [-0.4, -0.2) is 36.7 Å². The molecular weight excluding hydrogens is 406 g/mol. The lowest BCUT2D eigenvalue weighted by Crippen LogP contribution is -2.43. The molecule has 1 amide bonds. The molecular formula is C17H18BrN3O3S. The van der Waals surface area contributed by atoms with E-state index < -0.39 is 10.0 Å². The average molecular weight is 424 g/mol. The lowest BCUT2D eigenvalue weighted by molar-refractivity contribution is -0.120. The number of halogens is 1. The highest BCUT2D eigenvalue weighted by Crippen LogP contribution is 2.25. The van der Waals surface area contributed by atoms with Crippen molar-refractivity contribution in [2.75, 3.05) is 18.4 Å². The molecule has 0 radical (unpaired) electrons. The van der Waals surface area contributed by atoms with E-state index in [1.165, 1.54) is 4.31 Å². The van der Waals surface area contributed by atoms with Crippen LogP contribution in [0.1, 0.15) is 12.8 Å². The number of rotatable bonds is 4. The van der Waals surface area contributed by atoms with Gasteiger partial charge >= 0.3 is 0 Å². The molecule has 1 unspecified atom stereocenters. The third kappa shape index (κ3) is 4.26. The van der Waals surface area contributed by atoms with Crippen LogP contribution in [0.4, 0.5) is 5.69 Å². The third-order valence-electron chi connectivity index (χ3n) is 4.15. The Hall–Kier alpha value is -1.77. The van der Waals surface area contributed by atoms with Gasteiger partial charge in [0, 0.05) is 35.6 Å². The number of nitrogens with zero attached hydrogens (tertiary/aromatic N) is 2. The number of carbonyl (C=O) groups excluding carboxylic acids is 1. The number of hydrogen-bond donors (Lipinski definition) is 1. The van der Waals surface area contributed by atoms with E-state index in [0.29, 0.717) is 25.1 Å². The van der Waals surface area contributed by atoms with E-state index in [2.05, 4.69) is 26.2 Å². The van der Waals surface area contributed by atoms with Gasteiger partial charge in [0.2, 0.25) is 15.9 Å². The molecule has 3 rings (SSSR count). The number of aromatic nitrogens is 1. The van der Waals surface area contributed by atoms with E-state index in [0.717, 1.165) is 4.47 Å². The van der Waals surface area contributed by atoms with E-state index >= 15 is 0 Å². The minimum absolute atomic E-state index is 0.165. The zero-order valence-electron chi connectivity index (χ0n) is 13.4. The highest BCUT2D eigenvalue weighted by molar-refractivity contribution is 9.10. The fourth-order valence-electron chi connectivity index (χ4n) is 2.81. The van der Waals surface area contributed by atoms with Gasteiger partial charge in [0.1, 0.15) is 0 Å². The van der Waals surface area contributed by atoms with Crippen molar-refractivity contribution in [2.24, 2.45) is 5.92 Å². The molecule has 1 aliphatic rings. The van der Waals surface area contributed by atoms with Gasteiger partial charge in [-0.2, -0.15) is 4.31 Å². The number of carbonyl (C=O) groups is 1. The van der Waals surface area contributed by atoms with Crippen LogP contribution in [0, 0.1) is 5.92 Å². The minimum Gasteiger partial charge on any atom is -0.326 e. The number of anilines is 1. The number of pyridine rings is 1. The first kappa shape index (κ1) is 18.0. The lowest BCUT2D eigenvalue weighted by atomic mass is 9.99. The zero-order valence-corrected chi connectivity index (χ0v) is 15.8. The van der Waals surface area contributed by atoms with Crippen molar-refractivity contribution in [1.29, 1.82) is 0 Å². The van der Waals surface area contributed by atoms with Crippen LogP contribution < -0.4 is 5.32 Å². The SMILES string of the molecule is O=C(Nc1ccncc1)C1CCCN(S(=O)(=O)c2ccc(Br)cc2)C1. The molecule has 0 bridgehead atoms. The van der Waals surface area contributed by atoms with Crippen molar-refractivity contribution in [3.63, 3.8) is 0 Å². The largest absolute Gasteiger partial charge is 0.326 e. The van der Waals surface area contributed by atoms with Crippen LogP contribution in [0.25, 0.3) is 0 Å². The van der Waals surface area contributed by atoms with Crippen molar-refractivity contribution in [3.05, 3.63) is 53.3 Å². The van der Waals surface area contributed by atoms with Gasteiger partial charge in [-0.05, 0) is 49.2 Å². The highest BCUT2D eigenvalue weighted by Gasteiger charge is 2.33. The Bertz CT molecular complexity index is 841. The predicted octanol–water partition coefficient (Wildman–Crippen LogP) is 2.88. The molecule has 0 saturated carbocycles. The maximum Gasteiger partial charge on any atom is 0.243 e. The summed E-state index contributed by atoms with van der Waals surface area (Å²) in [5, 5.41) is 2.82. The van der Waals surface area contributed by atoms with E-state index in [1.54, 1.807) is 48.8 Å². The fraction of sp³-hybridized carbons (Fsp3) is 0.294. The first-order valence-electron chi connectivity index (χ1n) is 7.93. The van der Waals surface area contributed by atoms with Crippen molar-refractivity contribution < 1.29 is 13.2 Å². The quantitative estimate of drug-likeness (QED) is 0.819. The number of nitrogens with one attached hydrogen (secondary N) is 1. The second kappa shape index (κ2) is 7.63. The highest BCUT2D eigenvalue weighted by atomic mass is 79.9. The molecule has 1 saturated heterocycles. The topological polar surface area (TPSA) is 79.4 Å². The molecule has 1 aromatic heterocycles. The number of benzene rings is 1. The summed E-state index contributed by atoms with van der Waals surface area (Å²) in [4.78, 5) is 16.6. The smallest absolute Gasteiger partial charge is 0.243 e. The number of hydrogen-bond acceptors (Lipinski definition) is 4. The van der Waals surface area contributed by atoms with E-state index in [1.807, 2.05) is 0 Å². The number of sulfonamides is 1. The Labute approximate surface area is 155 Å². The summed E-state index contributed by atoms with van der Waals surface area (Å²) in [7, 11) is -3.60. The molecule has 1 aliphatic heterocycles. The molecule has 2 heterocycles. The summed E-state index contributed by atoms with van der Waals surface area (Å²) in [5.41, 5.74) is 0.660. The van der Waals surface area contributed by atoms with Crippen molar-refractivity contribution in [2.45, 2.75) is 17.7 Å². The number of piperidine rings is 1. The van der Waals surface area contributed by atoms with Crippen LogP contribution >= 0.6 is 15.9 Å². The summed E-state index contributed by atoms with van der Waals surface area (Å²) in [6.45, 7) is 0.618. The van der Waals surface area contributed by atoms with Gasteiger partial charge in [-0.15, -0.1) is 0 Å². The van der Waals surface area contributed by atoms with Gasteiger partial charge in [0.25, 0.3) is 0 Å². The van der Waals surface area contributed by atoms with Crippen LogP contribution in [0.5, 0.6) is 0 Å². The molecule has 25 heavy (non-hydrogen) atoms. The standard InChI is InChI=1S/C17H18BrN3O3S/c18-14-3-5-16(6-4-14)25(23,24)21-11-1-2-13(12-21)17(22)20-15-7-9-19-10-8-15/h3-10,13H,1-2,11-12H2,(H,19,20,22). The molecule has 1 fully saturated rings. The predicted molar refractivity (Wildman–Crippen MR) is 98.5 cm³/mol. The zero-order chi connectivity index (χ0) is 17.9. The van der Waals surface area contributed by atoms with Crippen LogP contribution in [-0.2, 0) is 14.8 Å². The molecule has 1 aromatic carbocycles. The first-order chi connectivity index (χ1) is 12.0. The summed E-state index contributed by atoms with van der Waals surface area (Å²) in [6.07, 6.45) is 4.52. The Morgan fingerprint density at radius 1 is 1.16 bits per heavy atom. The second-order valence-corrected chi connectivity index (χ2v) is 8.73. The molecule has 1 N–H and O–H groups in total. The van der Waals surface area contributed by atoms with E-state index in [4.69, 9.17) is 0 Å². The molecule has 8 heteroatoms. The molecule has 1 atom stereocenters. The van der Waals surface area contributed by atoms with Gasteiger partial charge in [-0.3, -0.25) is 9.78 Å². The lowest BCUT2D eigenvalue weighted by Gasteiger charge is -2.31. The van der Waals surface area contributed by atoms with Gasteiger partial charge in [-0.25, -0.2) is 8.42 Å². The molecule has 6 nitrogen and oxygen atoms in total.